The van der Waals surface area contributed by atoms with Crippen LogP contribution < -0.4 is 5.32 Å². The number of terminal acetylenes is 1. The summed E-state index contributed by atoms with van der Waals surface area (Å²) in [5.74, 6) is 2.02. The molecule has 0 aliphatic carbocycles. The van der Waals surface area contributed by atoms with Crippen LogP contribution >= 0.6 is 0 Å². The van der Waals surface area contributed by atoms with Gasteiger partial charge in [-0.05, 0) is 17.7 Å². The molecule has 0 bridgehead atoms. The average Bonchev–Trinajstić information content (AvgIpc) is 2.60. The molecule has 3 heteroatoms. The summed E-state index contributed by atoms with van der Waals surface area (Å²) in [4.78, 5) is 12.3. The Hall–Kier alpha value is -2.99. The lowest BCUT2D eigenvalue weighted by Gasteiger charge is -2.28. The van der Waals surface area contributed by atoms with Crippen molar-refractivity contribution in [1.29, 1.82) is 0 Å². The zero-order chi connectivity index (χ0) is 16.0. The number of methoxy groups -OCH3 is 1. The highest BCUT2D eigenvalue weighted by atomic mass is 16.5. The van der Waals surface area contributed by atoms with Gasteiger partial charge < -0.3 is 10.1 Å². The van der Waals surface area contributed by atoms with Crippen LogP contribution in [0.25, 0.3) is 6.08 Å². The minimum atomic E-state index is -1.37. The van der Waals surface area contributed by atoms with Gasteiger partial charge >= 0.3 is 5.97 Å². The van der Waals surface area contributed by atoms with E-state index in [2.05, 4.69) is 17.8 Å². The number of benzene rings is 2. The van der Waals surface area contributed by atoms with Gasteiger partial charge in [0.2, 0.25) is 5.54 Å². The molecule has 110 valence electrons. The Morgan fingerprint density at radius 1 is 1.23 bits per heavy atom. The third-order valence-corrected chi connectivity index (χ3v) is 3.39. The molecule has 22 heavy (non-hydrogen) atoms. The number of carbonyl (C=O) groups is 1. The molecule has 0 saturated carbocycles. The van der Waals surface area contributed by atoms with Crippen molar-refractivity contribution in [1.82, 2.24) is 0 Å². The van der Waals surface area contributed by atoms with Crippen LogP contribution in [-0.2, 0) is 15.1 Å². The number of nitrogens with one attached hydrogen (secondary N) is 1. The second-order valence-electron chi connectivity index (χ2n) is 4.70. The topological polar surface area (TPSA) is 38.3 Å². The molecular formula is C19H17NO2. The molecule has 0 unspecified atom stereocenters. The van der Waals surface area contributed by atoms with Gasteiger partial charge in [0.25, 0.3) is 0 Å². The minimum absolute atomic E-state index is 0.533. The molecular weight excluding hydrogens is 274 g/mol. The van der Waals surface area contributed by atoms with E-state index in [1.807, 2.05) is 42.5 Å². The summed E-state index contributed by atoms with van der Waals surface area (Å²) >= 11 is 0. The molecule has 0 aliphatic heterocycles. The zero-order valence-corrected chi connectivity index (χ0v) is 12.4. The molecule has 0 amide bonds. The molecule has 1 N–H and O–H groups in total. The fourth-order valence-corrected chi connectivity index (χ4v) is 2.18. The maximum atomic E-state index is 12.3. The second kappa shape index (κ2) is 6.64. The van der Waals surface area contributed by atoms with Gasteiger partial charge in [-0.2, -0.15) is 0 Å². The minimum Gasteiger partial charge on any atom is -0.466 e. The van der Waals surface area contributed by atoms with Crippen LogP contribution in [0.15, 0.2) is 61.2 Å². The Morgan fingerprint density at radius 2 is 1.86 bits per heavy atom. The molecule has 0 aliphatic rings. The van der Waals surface area contributed by atoms with Crippen molar-refractivity contribution >= 4 is 17.7 Å². The first kappa shape index (κ1) is 15.4. The molecule has 2 aromatic carbocycles. The number of carbonyl (C=O) groups excluding carboxylic acids is 1. The van der Waals surface area contributed by atoms with E-state index in [0.29, 0.717) is 5.56 Å². The van der Waals surface area contributed by atoms with Crippen molar-refractivity contribution in [3.05, 3.63) is 72.3 Å². The number of rotatable bonds is 5. The van der Waals surface area contributed by atoms with Crippen molar-refractivity contribution < 1.29 is 9.53 Å². The number of hydrogen-bond acceptors (Lipinski definition) is 3. The van der Waals surface area contributed by atoms with E-state index in [-0.39, 0.29) is 0 Å². The number of ether oxygens (including phenoxy) is 1. The molecule has 2 rings (SSSR count). The van der Waals surface area contributed by atoms with Crippen LogP contribution in [0.1, 0.15) is 11.1 Å². The smallest absolute Gasteiger partial charge is 0.349 e. The summed E-state index contributed by atoms with van der Waals surface area (Å²) in [6, 6.07) is 16.6. The normalized spacial score (nSPS) is 12.5. The van der Waals surface area contributed by atoms with Gasteiger partial charge in [-0.25, -0.2) is 4.79 Å². The highest BCUT2D eigenvalue weighted by molar-refractivity contribution is 5.90. The van der Waals surface area contributed by atoms with Gasteiger partial charge in [0, 0.05) is 11.3 Å². The van der Waals surface area contributed by atoms with Crippen LogP contribution in [0.3, 0.4) is 0 Å². The first-order chi connectivity index (χ1) is 10.7. The lowest BCUT2D eigenvalue weighted by atomic mass is 9.90. The van der Waals surface area contributed by atoms with Gasteiger partial charge in [0.15, 0.2) is 0 Å². The van der Waals surface area contributed by atoms with Crippen molar-refractivity contribution in [3.63, 3.8) is 0 Å². The summed E-state index contributed by atoms with van der Waals surface area (Å²) in [6.07, 6.45) is 7.44. The first-order valence-corrected chi connectivity index (χ1v) is 6.78. The van der Waals surface area contributed by atoms with Crippen molar-refractivity contribution in [2.75, 3.05) is 12.4 Å². The maximum absolute atomic E-state index is 12.3. The van der Waals surface area contributed by atoms with Gasteiger partial charge in [-0.1, -0.05) is 61.0 Å². The molecule has 3 nitrogen and oxygen atoms in total. The number of esters is 1. The standard InChI is InChI=1S/C19H17NO2/c1-4-15-11-13-17(14-12-15)20-19(5-2,18(21)22-3)16-9-7-6-8-10-16/h2,4,6-14,20H,1H2,3H3/t19-/m0/s1. The monoisotopic (exact) mass is 291 g/mol. The molecule has 0 radical (unpaired) electrons. The van der Waals surface area contributed by atoms with E-state index < -0.39 is 11.5 Å². The van der Waals surface area contributed by atoms with Crippen LogP contribution in [-0.4, -0.2) is 13.1 Å². The zero-order valence-electron chi connectivity index (χ0n) is 12.4. The SMILES string of the molecule is C#C[C@@](Nc1ccc(C=C)cc1)(C(=O)OC)c1ccccc1. The molecule has 2 aromatic rings. The van der Waals surface area contributed by atoms with Crippen LogP contribution in [0.4, 0.5) is 5.69 Å². The Balaban J connectivity index is 2.46. The fraction of sp³-hybridized carbons (Fsp3) is 0.105. The molecule has 0 heterocycles. The van der Waals surface area contributed by atoms with Crippen molar-refractivity contribution in [2.24, 2.45) is 0 Å². The third-order valence-electron chi connectivity index (χ3n) is 3.39. The summed E-state index contributed by atoms with van der Waals surface area (Å²) in [7, 11) is 1.32. The van der Waals surface area contributed by atoms with Crippen LogP contribution in [0, 0.1) is 12.3 Å². The van der Waals surface area contributed by atoms with E-state index in [9.17, 15) is 4.79 Å². The highest BCUT2D eigenvalue weighted by Crippen LogP contribution is 2.27. The summed E-state index contributed by atoms with van der Waals surface area (Å²) in [6.45, 7) is 3.71. The highest BCUT2D eigenvalue weighted by Gasteiger charge is 2.39. The van der Waals surface area contributed by atoms with Gasteiger partial charge in [0.05, 0.1) is 7.11 Å². The van der Waals surface area contributed by atoms with E-state index in [1.165, 1.54) is 7.11 Å². The molecule has 1 atom stereocenters. The Morgan fingerprint density at radius 3 is 2.36 bits per heavy atom. The van der Waals surface area contributed by atoms with Crippen LogP contribution in [0.5, 0.6) is 0 Å². The first-order valence-electron chi connectivity index (χ1n) is 6.78. The average molecular weight is 291 g/mol. The number of hydrogen-bond donors (Lipinski definition) is 1. The fourth-order valence-electron chi connectivity index (χ4n) is 2.18. The predicted molar refractivity (Wildman–Crippen MR) is 89.1 cm³/mol. The van der Waals surface area contributed by atoms with Gasteiger partial charge in [-0.3, -0.25) is 0 Å². The van der Waals surface area contributed by atoms with Gasteiger partial charge in [0.1, 0.15) is 0 Å². The van der Waals surface area contributed by atoms with Crippen molar-refractivity contribution in [2.45, 2.75) is 5.54 Å². The van der Waals surface area contributed by atoms with E-state index in [4.69, 9.17) is 11.2 Å². The maximum Gasteiger partial charge on any atom is 0.349 e. The van der Waals surface area contributed by atoms with Gasteiger partial charge in [-0.15, -0.1) is 6.42 Å². The molecule has 0 spiro atoms. The Labute approximate surface area is 130 Å². The van der Waals surface area contributed by atoms with E-state index >= 15 is 0 Å². The van der Waals surface area contributed by atoms with Crippen molar-refractivity contribution in [3.8, 4) is 12.3 Å². The summed E-state index contributed by atoms with van der Waals surface area (Å²) in [5.41, 5.74) is 0.982. The third kappa shape index (κ3) is 2.87. The predicted octanol–water partition coefficient (Wildman–Crippen LogP) is 3.44. The Kier molecular flexibility index (Phi) is 4.65. The van der Waals surface area contributed by atoms with Crippen LogP contribution in [0.2, 0.25) is 0 Å². The quantitative estimate of drug-likeness (QED) is 0.677. The number of anilines is 1. The van der Waals surface area contributed by atoms with E-state index in [1.54, 1.807) is 18.2 Å². The molecule has 0 fully saturated rings. The summed E-state index contributed by atoms with van der Waals surface area (Å²) < 4.78 is 4.92. The lowest BCUT2D eigenvalue weighted by molar-refractivity contribution is -0.144. The van der Waals surface area contributed by atoms with E-state index in [0.717, 1.165) is 11.3 Å². The largest absolute Gasteiger partial charge is 0.466 e. The molecule has 0 saturated heterocycles. The lowest BCUT2D eigenvalue weighted by Crippen LogP contribution is -2.43. The molecule has 0 aromatic heterocycles. The summed E-state index contributed by atoms with van der Waals surface area (Å²) in [5, 5.41) is 3.12. The Bertz CT molecular complexity index is 698. The second-order valence-corrected chi connectivity index (χ2v) is 4.70.